The highest BCUT2D eigenvalue weighted by Gasteiger charge is 2.16. The Bertz CT molecular complexity index is 539. The van der Waals surface area contributed by atoms with Gasteiger partial charge in [-0.25, -0.2) is 0 Å². The van der Waals surface area contributed by atoms with E-state index in [-0.39, 0.29) is 0 Å². The molecule has 0 fully saturated rings. The molecule has 90 valence electrons. The number of aromatic nitrogens is 1. The Labute approximate surface area is 103 Å². The molecule has 2 heterocycles. The van der Waals surface area contributed by atoms with E-state index in [0.717, 1.165) is 17.8 Å². The Kier molecular flexibility index (Phi) is 3.05. The Morgan fingerprint density at radius 1 is 1.24 bits per heavy atom. The van der Waals surface area contributed by atoms with Crippen LogP contribution in [0.2, 0.25) is 0 Å². The molecule has 2 rings (SSSR count). The van der Waals surface area contributed by atoms with E-state index in [1.54, 1.807) is 0 Å². The number of hydrogen-bond donors (Lipinski definition) is 1. The molecule has 0 aliphatic carbocycles. The first kappa shape index (κ1) is 11.9. The number of aliphatic imine (C=N–C) groups is 1. The first-order valence-corrected chi connectivity index (χ1v) is 6.16. The third-order valence-corrected chi connectivity index (χ3v) is 3.39. The van der Waals surface area contributed by atoms with Crippen LogP contribution in [-0.4, -0.2) is 10.7 Å². The smallest absolute Gasteiger partial charge is 0.0686 e. The van der Waals surface area contributed by atoms with Crippen molar-refractivity contribution in [1.82, 2.24) is 4.98 Å². The number of H-pyrrole nitrogens is 1. The number of hydrogen-bond acceptors (Lipinski definition) is 1. The minimum Gasteiger partial charge on any atom is -0.359 e. The van der Waals surface area contributed by atoms with Gasteiger partial charge in [-0.15, -0.1) is 0 Å². The van der Waals surface area contributed by atoms with Crippen LogP contribution in [0.1, 0.15) is 44.1 Å². The van der Waals surface area contributed by atoms with Crippen LogP contribution in [0, 0.1) is 13.8 Å². The van der Waals surface area contributed by atoms with Crippen LogP contribution >= 0.6 is 0 Å². The highest BCUT2D eigenvalue weighted by Crippen LogP contribution is 2.29. The first-order valence-electron chi connectivity index (χ1n) is 6.16. The molecule has 1 N–H and O–H groups in total. The van der Waals surface area contributed by atoms with Crippen LogP contribution in [0.25, 0.3) is 6.08 Å². The normalized spacial score (nSPS) is 18.2. The quantitative estimate of drug-likeness (QED) is 0.787. The van der Waals surface area contributed by atoms with Crippen LogP contribution in [-0.2, 0) is 0 Å². The molecule has 0 saturated carbocycles. The van der Waals surface area contributed by atoms with Crippen molar-refractivity contribution in [2.24, 2.45) is 4.99 Å². The Morgan fingerprint density at radius 2 is 1.94 bits per heavy atom. The summed E-state index contributed by atoms with van der Waals surface area (Å²) in [4.78, 5) is 8.02. The zero-order valence-corrected chi connectivity index (χ0v) is 11.3. The van der Waals surface area contributed by atoms with E-state index in [1.807, 2.05) is 0 Å². The number of nitrogens with zero attached hydrogens (tertiary/aromatic N) is 1. The van der Waals surface area contributed by atoms with Gasteiger partial charge >= 0.3 is 0 Å². The molecule has 0 amide bonds. The highest BCUT2D eigenvalue weighted by molar-refractivity contribution is 6.03. The molecule has 1 aliphatic heterocycles. The summed E-state index contributed by atoms with van der Waals surface area (Å²) in [5.74, 6) is 0. The number of aryl methyl sites for hydroxylation is 2. The average molecular weight is 228 g/mol. The molecule has 0 spiro atoms. The monoisotopic (exact) mass is 228 g/mol. The number of rotatable bonds is 2. The largest absolute Gasteiger partial charge is 0.359 e. The molecule has 0 unspecified atom stereocenters. The molecular formula is C15H20N2. The SMILES string of the molecule is CCC1=C(C)/C(=C\c2[nH]c(C)cc2C)N=C1C. The standard InChI is InChI=1S/C15H20N2/c1-6-13-11(4)15(17-12(13)5)8-14-9(2)7-10(3)16-14/h7-8,16H,6H2,1-5H3/b15-8+. The molecule has 0 atom stereocenters. The van der Waals surface area contributed by atoms with Gasteiger partial charge in [0.15, 0.2) is 0 Å². The van der Waals surface area contributed by atoms with Crippen LogP contribution in [0.3, 0.4) is 0 Å². The highest BCUT2D eigenvalue weighted by atomic mass is 14.8. The lowest BCUT2D eigenvalue weighted by Crippen LogP contribution is -1.91. The molecule has 0 radical (unpaired) electrons. The maximum absolute atomic E-state index is 4.65. The molecule has 1 aromatic heterocycles. The van der Waals surface area contributed by atoms with Gasteiger partial charge in [-0.2, -0.15) is 0 Å². The molecule has 1 aromatic rings. The van der Waals surface area contributed by atoms with E-state index in [0.29, 0.717) is 0 Å². The molecule has 0 aromatic carbocycles. The number of nitrogens with one attached hydrogen (secondary N) is 1. The zero-order valence-electron chi connectivity index (χ0n) is 11.3. The molecule has 2 nitrogen and oxygen atoms in total. The van der Waals surface area contributed by atoms with Gasteiger partial charge in [0.1, 0.15) is 0 Å². The van der Waals surface area contributed by atoms with Crippen molar-refractivity contribution in [3.05, 3.63) is 39.9 Å². The number of allylic oxidation sites excluding steroid dienone is 2. The Balaban J connectivity index is 2.44. The second-order valence-corrected chi connectivity index (χ2v) is 4.73. The van der Waals surface area contributed by atoms with Gasteiger partial charge in [0, 0.05) is 17.1 Å². The van der Waals surface area contributed by atoms with E-state index in [2.05, 4.69) is 56.7 Å². The van der Waals surface area contributed by atoms with E-state index >= 15 is 0 Å². The summed E-state index contributed by atoms with van der Waals surface area (Å²) in [5, 5.41) is 0. The maximum Gasteiger partial charge on any atom is 0.0686 e. The van der Waals surface area contributed by atoms with E-state index in [9.17, 15) is 0 Å². The lowest BCUT2D eigenvalue weighted by molar-refractivity contribution is 1.15. The van der Waals surface area contributed by atoms with Crippen LogP contribution in [0.4, 0.5) is 0 Å². The summed E-state index contributed by atoms with van der Waals surface area (Å²) in [6, 6.07) is 2.16. The van der Waals surface area contributed by atoms with Crippen LogP contribution < -0.4 is 0 Å². The van der Waals surface area contributed by atoms with Crippen molar-refractivity contribution in [2.45, 2.75) is 41.0 Å². The summed E-state index contributed by atoms with van der Waals surface area (Å²) in [6.07, 6.45) is 3.21. The van der Waals surface area contributed by atoms with E-state index in [4.69, 9.17) is 0 Å². The predicted molar refractivity (Wildman–Crippen MR) is 74.3 cm³/mol. The van der Waals surface area contributed by atoms with Gasteiger partial charge in [-0.05, 0) is 63.0 Å². The van der Waals surface area contributed by atoms with Crippen molar-refractivity contribution in [3.8, 4) is 0 Å². The number of aromatic amines is 1. The molecule has 2 heteroatoms. The molecule has 17 heavy (non-hydrogen) atoms. The van der Waals surface area contributed by atoms with Gasteiger partial charge in [0.05, 0.1) is 5.70 Å². The zero-order chi connectivity index (χ0) is 12.6. The van der Waals surface area contributed by atoms with Gasteiger partial charge in [0.2, 0.25) is 0 Å². The lowest BCUT2D eigenvalue weighted by atomic mass is 10.0. The Hall–Kier alpha value is -1.57. The van der Waals surface area contributed by atoms with Crippen molar-refractivity contribution < 1.29 is 0 Å². The summed E-state index contributed by atoms with van der Waals surface area (Å²) in [6.45, 7) is 10.6. The van der Waals surface area contributed by atoms with Gasteiger partial charge in [-0.3, -0.25) is 4.99 Å². The van der Waals surface area contributed by atoms with Gasteiger partial charge in [0.25, 0.3) is 0 Å². The fourth-order valence-corrected chi connectivity index (χ4v) is 2.46. The summed E-state index contributed by atoms with van der Waals surface area (Å²) < 4.78 is 0. The van der Waals surface area contributed by atoms with E-state index in [1.165, 1.54) is 28.1 Å². The molecule has 0 bridgehead atoms. The third kappa shape index (κ3) is 2.12. The van der Waals surface area contributed by atoms with Crippen molar-refractivity contribution in [1.29, 1.82) is 0 Å². The lowest BCUT2D eigenvalue weighted by Gasteiger charge is -2.00. The average Bonchev–Trinajstić information content (AvgIpc) is 2.69. The van der Waals surface area contributed by atoms with Crippen LogP contribution in [0.5, 0.6) is 0 Å². The maximum atomic E-state index is 4.65. The molecule has 0 saturated heterocycles. The van der Waals surface area contributed by atoms with E-state index < -0.39 is 0 Å². The first-order chi connectivity index (χ1) is 8.02. The third-order valence-electron chi connectivity index (χ3n) is 3.39. The van der Waals surface area contributed by atoms with Crippen molar-refractivity contribution in [3.63, 3.8) is 0 Å². The molecular weight excluding hydrogens is 208 g/mol. The summed E-state index contributed by atoms with van der Waals surface area (Å²) in [7, 11) is 0. The van der Waals surface area contributed by atoms with Crippen LogP contribution in [0.15, 0.2) is 27.9 Å². The predicted octanol–water partition coefficient (Wildman–Crippen LogP) is 4.17. The fourth-order valence-electron chi connectivity index (χ4n) is 2.46. The second-order valence-electron chi connectivity index (χ2n) is 4.73. The van der Waals surface area contributed by atoms with Crippen molar-refractivity contribution >= 4 is 11.8 Å². The van der Waals surface area contributed by atoms with Crippen molar-refractivity contribution in [2.75, 3.05) is 0 Å². The van der Waals surface area contributed by atoms with Gasteiger partial charge < -0.3 is 4.98 Å². The second kappa shape index (κ2) is 4.36. The topological polar surface area (TPSA) is 28.1 Å². The van der Waals surface area contributed by atoms with Gasteiger partial charge in [-0.1, -0.05) is 6.92 Å². The summed E-state index contributed by atoms with van der Waals surface area (Å²) in [5.41, 5.74) is 8.62. The Morgan fingerprint density at radius 3 is 2.41 bits per heavy atom. The molecule has 1 aliphatic rings. The minimum absolute atomic E-state index is 1.06. The summed E-state index contributed by atoms with van der Waals surface area (Å²) >= 11 is 0. The fraction of sp³-hybridized carbons (Fsp3) is 0.400. The minimum atomic E-state index is 1.06.